The molecule has 2 aromatic rings. The van der Waals surface area contributed by atoms with Gasteiger partial charge in [-0.2, -0.15) is 0 Å². The highest BCUT2D eigenvalue weighted by Gasteiger charge is 2.15. The van der Waals surface area contributed by atoms with Crippen LogP contribution in [0.2, 0.25) is 5.02 Å². The Morgan fingerprint density at radius 1 is 1.11 bits per heavy atom. The molecule has 0 aromatic heterocycles. The Balaban J connectivity index is 1.92. The smallest absolute Gasteiger partial charge is 0.338 e. The van der Waals surface area contributed by atoms with Crippen LogP contribution < -0.4 is 14.8 Å². The summed E-state index contributed by atoms with van der Waals surface area (Å²) in [6, 6.07) is 11.6. The molecule has 0 bridgehead atoms. The van der Waals surface area contributed by atoms with Gasteiger partial charge in [0.05, 0.1) is 30.0 Å². The molecule has 0 aliphatic heterocycles. The molecule has 0 spiro atoms. The van der Waals surface area contributed by atoms with Gasteiger partial charge in [-0.1, -0.05) is 37.6 Å². The summed E-state index contributed by atoms with van der Waals surface area (Å²) in [6.45, 7) is 4.35. The summed E-state index contributed by atoms with van der Waals surface area (Å²) < 4.78 is 16.0. The number of amides is 1. The van der Waals surface area contributed by atoms with Crippen LogP contribution in [-0.2, 0) is 9.53 Å². The lowest BCUT2D eigenvalue weighted by atomic mass is 10.1. The lowest BCUT2D eigenvalue weighted by molar-refractivity contribution is -0.119. The average molecular weight is 406 g/mol. The number of anilines is 1. The lowest BCUT2D eigenvalue weighted by Gasteiger charge is -2.13. The standard InChI is InChI=1S/C21H24ClNO5/c1-14(2)10-11-27-18-9-8-15(12-19(18)26-3)21(25)28-13-20(24)23-17-7-5-4-6-16(17)22/h4-9,12,14H,10-11,13H2,1-3H3,(H,23,24). The fourth-order valence-corrected chi connectivity index (χ4v) is 2.46. The van der Waals surface area contributed by atoms with E-state index in [1.807, 2.05) is 0 Å². The maximum Gasteiger partial charge on any atom is 0.338 e. The SMILES string of the molecule is COc1cc(C(=O)OCC(=O)Nc2ccccc2Cl)ccc1OCCC(C)C. The van der Waals surface area contributed by atoms with Gasteiger partial charge in [0.15, 0.2) is 18.1 Å². The van der Waals surface area contributed by atoms with Gasteiger partial charge in [-0.3, -0.25) is 4.79 Å². The number of hydrogen-bond acceptors (Lipinski definition) is 5. The summed E-state index contributed by atoms with van der Waals surface area (Å²) in [7, 11) is 1.50. The normalized spacial score (nSPS) is 10.5. The van der Waals surface area contributed by atoms with Crippen molar-refractivity contribution in [3.63, 3.8) is 0 Å². The quantitative estimate of drug-likeness (QED) is 0.618. The van der Waals surface area contributed by atoms with Gasteiger partial charge in [0.1, 0.15) is 0 Å². The molecule has 0 aliphatic carbocycles. The van der Waals surface area contributed by atoms with Crippen molar-refractivity contribution >= 4 is 29.2 Å². The predicted molar refractivity (Wildman–Crippen MR) is 108 cm³/mol. The summed E-state index contributed by atoms with van der Waals surface area (Å²) in [5.74, 6) is 0.385. The molecule has 1 N–H and O–H groups in total. The summed E-state index contributed by atoms with van der Waals surface area (Å²) >= 11 is 5.98. The summed E-state index contributed by atoms with van der Waals surface area (Å²) in [5.41, 5.74) is 0.716. The van der Waals surface area contributed by atoms with Crippen molar-refractivity contribution < 1.29 is 23.8 Å². The number of benzene rings is 2. The maximum absolute atomic E-state index is 12.2. The molecular formula is C21H24ClNO5. The highest BCUT2D eigenvalue weighted by molar-refractivity contribution is 6.33. The lowest BCUT2D eigenvalue weighted by Crippen LogP contribution is -2.21. The Labute approximate surface area is 169 Å². The Morgan fingerprint density at radius 2 is 1.86 bits per heavy atom. The molecule has 2 aromatic carbocycles. The van der Waals surface area contributed by atoms with Gasteiger partial charge in [-0.05, 0) is 42.7 Å². The third kappa shape index (κ3) is 6.46. The molecule has 0 saturated heterocycles. The minimum Gasteiger partial charge on any atom is -0.493 e. The molecule has 150 valence electrons. The van der Waals surface area contributed by atoms with Crippen molar-refractivity contribution in [2.75, 3.05) is 25.6 Å². The van der Waals surface area contributed by atoms with Crippen molar-refractivity contribution in [2.45, 2.75) is 20.3 Å². The predicted octanol–water partition coefficient (Wildman–Crippen LogP) is 4.57. The van der Waals surface area contributed by atoms with E-state index in [9.17, 15) is 9.59 Å². The second-order valence-corrected chi connectivity index (χ2v) is 6.91. The van der Waals surface area contributed by atoms with E-state index in [0.717, 1.165) is 6.42 Å². The number of carbonyl (C=O) groups is 2. The van der Waals surface area contributed by atoms with Crippen LogP contribution in [0.4, 0.5) is 5.69 Å². The minimum atomic E-state index is -0.638. The molecule has 1 amide bonds. The number of ether oxygens (including phenoxy) is 3. The number of hydrogen-bond donors (Lipinski definition) is 1. The van der Waals surface area contributed by atoms with Gasteiger partial charge in [-0.25, -0.2) is 4.79 Å². The van der Waals surface area contributed by atoms with Crippen LogP contribution in [0.5, 0.6) is 11.5 Å². The molecule has 0 atom stereocenters. The molecule has 2 rings (SSSR count). The number of halogens is 1. The Bertz CT molecular complexity index is 822. The van der Waals surface area contributed by atoms with Crippen molar-refractivity contribution in [3.05, 3.63) is 53.1 Å². The summed E-state index contributed by atoms with van der Waals surface area (Å²) in [6.07, 6.45) is 0.910. The van der Waals surface area contributed by atoms with Crippen LogP contribution in [0, 0.1) is 5.92 Å². The van der Waals surface area contributed by atoms with E-state index in [1.54, 1.807) is 36.4 Å². The van der Waals surface area contributed by atoms with Crippen molar-refractivity contribution in [2.24, 2.45) is 5.92 Å². The Kier molecular flexibility index (Phi) is 8.14. The largest absolute Gasteiger partial charge is 0.493 e. The molecule has 6 nitrogen and oxygen atoms in total. The van der Waals surface area contributed by atoms with Crippen molar-refractivity contribution in [3.8, 4) is 11.5 Å². The highest BCUT2D eigenvalue weighted by atomic mass is 35.5. The number of carbonyl (C=O) groups excluding carboxylic acids is 2. The van der Waals surface area contributed by atoms with Crippen LogP contribution in [0.15, 0.2) is 42.5 Å². The van der Waals surface area contributed by atoms with Gasteiger partial charge in [-0.15, -0.1) is 0 Å². The summed E-state index contributed by atoms with van der Waals surface area (Å²) in [5, 5.41) is 2.99. The molecule has 7 heteroatoms. The first-order chi connectivity index (χ1) is 13.4. The van der Waals surface area contributed by atoms with E-state index in [1.165, 1.54) is 13.2 Å². The van der Waals surface area contributed by atoms with Gasteiger partial charge in [0, 0.05) is 0 Å². The number of nitrogens with one attached hydrogen (secondary N) is 1. The van der Waals surface area contributed by atoms with Crippen LogP contribution >= 0.6 is 11.6 Å². The van der Waals surface area contributed by atoms with E-state index < -0.39 is 18.5 Å². The third-order valence-corrected chi connectivity index (χ3v) is 4.16. The molecule has 28 heavy (non-hydrogen) atoms. The number of rotatable bonds is 9. The zero-order chi connectivity index (χ0) is 20.5. The van der Waals surface area contributed by atoms with E-state index in [0.29, 0.717) is 34.7 Å². The molecule has 0 saturated carbocycles. The first-order valence-electron chi connectivity index (χ1n) is 8.93. The molecule has 0 radical (unpaired) electrons. The van der Waals surface area contributed by atoms with Gasteiger partial charge < -0.3 is 19.5 Å². The van der Waals surface area contributed by atoms with Gasteiger partial charge >= 0.3 is 5.97 Å². The Hall–Kier alpha value is -2.73. The van der Waals surface area contributed by atoms with Crippen molar-refractivity contribution in [1.82, 2.24) is 0 Å². The zero-order valence-corrected chi connectivity index (χ0v) is 16.9. The highest BCUT2D eigenvalue weighted by Crippen LogP contribution is 2.28. The van der Waals surface area contributed by atoms with E-state index >= 15 is 0 Å². The van der Waals surface area contributed by atoms with E-state index in [4.69, 9.17) is 25.8 Å². The van der Waals surface area contributed by atoms with Crippen LogP contribution in [-0.4, -0.2) is 32.2 Å². The molecule has 0 aliphatic rings. The Morgan fingerprint density at radius 3 is 2.54 bits per heavy atom. The second-order valence-electron chi connectivity index (χ2n) is 6.50. The monoisotopic (exact) mass is 405 g/mol. The maximum atomic E-state index is 12.2. The van der Waals surface area contributed by atoms with Crippen LogP contribution in [0.3, 0.4) is 0 Å². The fourth-order valence-electron chi connectivity index (χ4n) is 2.28. The number of methoxy groups -OCH3 is 1. The zero-order valence-electron chi connectivity index (χ0n) is 16.2. The van der Waals surface area contributed by atoms with Gasteiger partial charge in [0.2, 0.25) is 0 Å². The van der Waals surface area contributed by atoms with Crippen molar-refractivity contribution in [1.29, 1.82) is 0 Å². The average Bonchev–Trinajstić information content (AvgIpc) is 2.67. The second kappa shape index (κ2) is 10.6. The first-order valence-corrected chi connectivity index (χ1v) is 9.31. The summed E-state index contributed by atoms with van der Waals surface area (Å²) in [4.78, 5) is 24.2. The molecular weight excluding hydrogens is 382 g/mol. The number of esters is 1. The van der Waals surface area contributed by atoms with Crippen LogP contribution in [0.25, 0.3) is 0 Å². The van der Waals surface area contributed by atoms with Gasteiger partial charge in [0.25, 0.3) is 5.91 Å². The topological polar surface area (TPSA) is 73.9 Å². The third-order valence-electron chi connectivity index (χ3n) is 3.83. The van der Waals surface area contributed by atoms with E-state index in [2.05, 4.69) is 19.2 Å². The van der Waals surface area contributed by atoms with E-state index in [-0.39, 0.29) is 5.56 Å². The number of para-hydroxylation sites is 1. The minimum absolute atomic E-state index is 0.263. The molecule has 0 fully saturated rings. The molecule has 0 unspecified atom stereocenters. The molecule has 0 heterocycles. The fraction of sp³-hybridized carbons (Fsp3) is 0.333. The first kappa shape index (κ1) is 21.6. The van der Waals surface area contributed by atoms with Crippen LogP contribution in [0.1, 0.15) is 30.6 Å².